The van der Waals surface area contributed by atoms with Crippen LogP contribution in [0.15, 0.2) is 71.8 Å². The lowest BCUT2D eigenvalue weighted by Gasteiger charge is -2.11. The third-order valence-corrected chi connectivity index (χ3v) is 5.22. The average Bonchev–Trinajstić information content (AvgIpc) is 2.64. The van der Waals surface area contributed by atoms with Gasteiger partial charge in [0, 0.05) is 11.8 Å². The Bertz CT molecular complexity index is 992. The van der Waals surface area contributed by atoms with Gasteiger partial charge in [0.25, 0.3) is 10.0 Å². The van der Waals surface area contributed by atoms with Gasteiger partial charge in [-0.05, 0) is 35.9 Å². The van der Waals surface area contributed by atoms with Gasteiger partial charge in [0.1, 0.15) is 5.75 Å². The third-order valence-electron chi connectivity index (χ3n) is 3.54. The number of ether oxygens (including phenoxy) is 1. The number of halogens is 1. The van der Waals surface area contributed by atoms with Gasteiger partial charge >= 0.3 is 0 Å². The van der Waals surface area contributed by atoms with E-state index in [1.54, 1.807) is 37.6 Å². The monoisotopic (exact) mass is 374 g/mol. The van der Waals surface area contributed by atoms with E-state index in [2.05, 4.69) is 9.71 Å². The lowest BCUT2D eigenvalue weighted by molar-refractivity contribution is 0.415. The Hall–Kier alpha value is -2.57. The van der Waals surface area contributed by atoms with Gasteiger partial charge in [-0.25, -0.2) is 13.4 Å². The molecule has 3 aromatic rings. The summed E-state index contributed by atoms with van der Waals surface area (Å²) in [6.45, 7) is 0. The Morgan fingerprint density at radius 2 is 1.76 bits per heavy atom. The molecule has 0 spiro atoms. The fraction of sp³-hybridized carbons (Fsp3) is 0.0556. The van der Waals surface area contributed by atoms with Crippen LogP contribution in [0.5, 0.6) is 5.75 Å². The molecule has 0 fully saturated rings. The van der Waals surface area contributed by atoms with Crippen LogP contribution in [0.3, 0.4) is 0 Å². The molecule has 2 aromatic carbocycles. The fourth-order valence-corrected chi connectivity index (χ4v) is 3.57. The van der Waals surface area contributed by atoms with Crippen LogP contribution in [0.25, 0.3) is 11.1 Å². The first-order valence-electron chi connectivity index (χ1n) is 7.37. The molecule has 3 rings (SSSR count). The molecule has 1 N–H and O–H groups in total. The second kappa shape index (κ2) is 7.13. The summed E-state index contributed by atoms with van der Waals surface area (Å²) in [4.78, 5) is 4.24. The van der Waals surface area contributed by atoms with Crippen molar-refractivity contribution in [2.45, 2.75) is 4.90 Å². The summed E-state index contributed by atoms with van der Waals surface area (Å²) >= 11 is 6.07. The number of anilines is 1. The van der Waals surface area contributed by atoms with Crippen LogP contribution in [0.4, 0.5) is 5.69 Å². The topological polar surface area (TPSA) is 68.3 Å². The standard InChI is InChI=1S/C18H15ClN2O3S/c1-24-15-7-5-6-13(10-15)14-11-17(18(19)20-12-14)21-25(22,23)16-8-3-2-4-9-16/h2-12,21H,1H3. The molecule has 0 aliphatic heterocycles. The summed E-state index contributed by atoms with van der Waals surface area (Å²) in [7, 11) is -2.16. The smallest absolute Gasteiger partial charge is 0.261 e. The molecule has 0 bridgehead atoms. The van der Waals surface area contributed by atoms with Gasteiger partial charge in [-0.1, -0.05) is 41.9 Å². The van der Waals surface area contributed by atoms with Crippen molar-refractivity contribution in [2.75, 3.05) is 11.8 Å². The number of benzene rings is 2. The summed E-state index contributed by atoms with van der Waals surface area (Å²) in [6.07, 6.45) is 1.58. The number of hydrogen-bond donors (Lipinski definition) is 1. The molecule has 7 heteroatoms. The highest BCUT2D eigenvalue weighted by atomic mass is 35.5. The zero-order chi connectivity index (χ0) is 17.9. The summed E-state index contributed by atoms with van der Waals surface area (Å²) in [5.41, 5.74) is 1.77. The van der Waals surface area contributed by atoms with Crippen molar-refractivity contribution in [1.29, 1.82) is 0 Å². The fourth-order valence-electron chi connectivity index (χ4n) is 2.28. The second-order valence-electron chi connectivity index (χ2n) is 5.21. The van der Waals surface area contributed by atoms with E-state index in [0.29, 0.717) is 11.3 Å². The summed E-state index contributed by atoms with van der Waals surface area (Å²) < 4.78 is 32.7. The van der Waals surface area contributed by atoms with Crippen LogP contribution < -0.4 is 9.46 Å². The average molecular weight is 375 g/mol. The molecule has 0 aliphatic rings. The van der Waals surface area contributed by atoms with E-state index in [1.165, 1.54) is 12.1 Å². The van der Waals surface area contributed by atoms with Crippen LogP contribution in [-0.4, -0.2) is 20.5 Å². The molecule has 0 atom stereocenters. The first kappa shape index (κ1) is 17.3. The molecule has 0 unspecified atom stereocenters. The van der Waals surface area contributed by atoms with Gasteiger partial charge in [0.2, 0.25) is 0 Å². The SMILES string of the molecule is COc1cccc(-c2cnc(Cl)c(NS(=O)(=O)c3ccccc3)c2)c1. The molecule has 5 nitrogen and oxygen atoms in total. The Labute approximate surface area is 151 Å². The minimum absolute atomic E-state index is 0.0751. The van der Waals surface area contributed by atoms with Crippen molar-refractivity contribution in [1.82, 2.24) is 4.98 Å². The van der Waals surface area contributed by atoms with Gasteiger partial charge in [-0.2, -0.15) is 0 Å². The lowest BCUT2D eigenvalue weighted by Crippen LogP contribution is -2.13. The maximum Gasteiger partial charge on any atom is 0.261 e. The van der Waals surface area contributed by atoms with Crippen molar-refractivity contribution < 1.29 is 13.2 Å². The van der Waals surface area contributed by atoms with Crippen molar-refractivity contribution in [3.63, 3.8) is 0 Å². The van der Waals surface area contributed by atoms with Gasteiger partial charge in [-0.3, -0.25) is 4.72 Å². The van der Waals surface area contributed by atoms with E-state index in [4.69, 9.17) is 16.3 Å². The first-order valence-corrected chi connectivity index (χ1v) is 9.23. The predicted octanol–water partition coefficient (Wildman–Crippen LogP) is 4.21. The van der Waals surface area contributed by atoms with Gasteiger partial charge in [-0.15, -0.1) is 0 Å². The summed E-state index contributed by atoms with van der Waals surface area (Å²) in [5, 5.41) is 0.0751. The number of hydrogen-bond acceptors (Lipinski definition) is 4. The van der Waals surface area contributed by atoms with Gasteiger partial charge < -0.3 is 4.74 Å². The molecule has 1 heterocycles. The number of nitrogens with one attached hydrogen (secondary N) is 1. The number of methoxy groups -OCH3 is 1. The van der Waals surface area contributed by atoms with Crippen molar-refractivity contribution >= 4 is 27.3 Å². The number of aromatic nitrogens is 1. The van der Waals surface area contributed by atoms with Crippen LogP contribution >= 0.6 is 11.6 Å². The van der Waals surface area contributed by atoms with Gasteiger partial charge in [0.05, 0.1) is 17.7 Å². The van der Waals surface area contributed by atoms with Crippen LogP contribution in [-0.2, 0) is 10.0 Å². The van der Waals surface area contributed by atoms with Gasteiger partial charge in [0.15, 0.2) is 5.15 Å². The molecule has 0 radical (unpaired) electrons. The largest absolute Gasteiger partial charge is 0.497 e. The number of rotatable bonds is 5. The third kappa shape index (κ3) is 3.92. The zero-order valence-corrected chi connectivity index (χ0v) is 14.9. The van der Waals surface area contributed by atoms with E-state index in [1.807, 2.05) is 24.3 Å². The Balaban J connectivity index is 1.97. The maximum absolute atomic E-state index is 12.5. The Kier molecular flexibility index (Phi) is 4.92. The minimum atomic E-state index is -3.75. The highest BCUT2D eigenvalue weighted by Gasteiger charge is 2.16. The predicted molar refractivity (Wildman–Crippen MR) is 98.5 cm³/mol. The molecule has 0 aliphatic carbocycles. The maximum atomic E-state index is 12.5. The first-order chi connectivity index (χ1) is 12.0. The summed E-state index contributed by atoms with van der Waals surface area (Å²) in [5.74, 6) is 0.693. The van der Waals surface area contributed by atoms with Crippen LogP contribution in [0.1, 0.15) is 0 Å². The van der Waals surface area contributed by atoms with Crippen molar-refractivity contribution in [3.05, 3.63) is 72.0 Å². The highest BCUT2D eigenvalue weighted by molar-refractivity contribution is 7.92. The second-order valence-corrected chi connectivity index (χ2v) is 7.25. The van der Waals surface area contributed by atoms with Crippen molar-refractivity contribution in [2.24, 2.45) is 0 Å². The van der Waals surface area contributed by atoms with Crippen molar-refractivity contribution in [3.8, 4) is 16.9 Å². The van der Waals surface area contributed by atoms with Crippen LogP contribution in [0, 0.1) is 0 Å². The Morgan fingerprint density at radius 3 is 2.48 bits per heavy atom. The summed E-state index contributed by atoms with van der Waals surface area (Å²) in [6, 6.07) is 17.1. The quantitative estimate of drug-likeness (QED) is 0.679. The molecular formula is C18H15ClN2O3S. The van der Waals surface area contributed by atoms with Crippen LogP contribution in [0.2, 0.25) is 5.15 Å². The molecule has 128 valence electrons. The minimum Gasteiger partial charge on any atom is -0.497 e. The Morgan fingerprint density at radius 1 is 1.00 bits per heavy atom. The molecule has 1 aromatic heterocycles. The van der Waals surface area contributed by atoms with E-state index in [0.717, 1.165) is 5.56 Å². The van der Waals surface area contributed by atoms with E-state index in [9.17, 15) is 8.42 Å². The van der Waals surface area contributed by atoms with E-state index in [-0.39, 0.29) is 15.7 Å². The lowest BCUT2D eigenvalue weighted by atomic mass is 10.1. The molecule has 0 saturated heterocycles. The molecule has 0 amide bonds. The number of pyridine rings is 1. The zero-order valence-electron chi connectivity index (χ0n) is 13.3. The molecule has 25 heavy (non-hydrogen) atoms. The highest BCUT2D eigenvalue weighted by Crippen LogP contribution is 2.30. The molecular weight excluding hydrogens is 360 g/mol. The normalized spacial score (nSPS) is 11.1. The number of nitrogens with zero attached hydrogens (tertiary/aromatic N) is 1. The number of sulfonamides is 1. The van der Waals surface area contributed by atoms with E-state index < -0.39 is 10.0 Å². The van der Waals surface area contributed by atoms with E-state index >= 15 is 0 Å². The molecule has 0 saturated carbocycles.